The third-order valence-corrected chi connectivity index (χ3v) is 4.93. The van der Waals surface area contributed by atoms with Gasteiger partial charge in [-0.3, -0.25) is 10.1 Å². The predicted molar refractivity (Wildman–Crippen MR) is 102 cm³/mol. The third-order valence-electron chi connectivity index (χ3n) is 4.04. The largest absolute Gasteiger partial charge is 0.486 e. The molecule has 0 spiro atoms. The Labute approximate surface area is 159 Å². The normalized spacial score (nSPS) is 12.5. The van der Waals surface area contributed by atoms with Crippen LogP contribution in [-0.4, -0.2) is 36.2 Å². The van der Waals surface area contributed by atoms with Gasteiger partial charge in [0.15, 0.2) is 16.6 Å². The first-order valence-electron chi connectivity index (χ1n) is 8.33. The molecule has 0 radical (unpaired) electrons. The number of carbonyl (C=O) groups is 1. The van der Waals surface area contributed by atoms with E-state index in [1.165, 1.54) is 24.6 Å². The number of aromatic nitrogens is 2. The van der Waals surface area contributed by atoms with Gasteiger partial charge in [-0.25, -0.2) is 9.97 Å². The molecule has 2 aromatic heterocycles. The molecule has 7 nitrogen and oxygen atoms in total. The summed E-state index contributed by atoms with van der Waals surface area (Å²) in [6, 6.07) is 9.03. The molecular formula is C19H17N3O4S. The average molecular weight is 383 g/mol. The molecule has 0 atom stereocenters. The van der Waals surface area contributed by atoms with Crippen molar-refractivity contribution in [2.45, 2.75) is 6.92 Å². The van der Waals surface area contributed by atoms with Gasteiger partial charge in [0, 0.05) is 22.7 Å². The molecule has 8 heteroatoms. The topological polar surface area (TPSA) is 82.6 Å². The fraction of sp³-hybridized carbons (Fsp3) is 0.211. The molecule has 0 unspecified atom stereocenters. The molecule has 1 aliphatic heterocycles. The second-order valence-corrected chi connectivity index (χ2v) is 7.03. The van der Waals surface area contributed by atoms with E-state index in [0.29, 0.717) is 35.5 Å². The van der Waals surface area contributed by atoms with Gasteiger partial charge in [0.2, 0.25) is 5.88 Å². The van der Waals surface area contributed by atoms with Crippen LogP contribution in [0, 0.1) is 6.92 Å². The van der Waals surface area contributed by atoms with Crippen LogP contribution in [-0.2, 0) is 0 Å². The number of ether oxygens (including phenoxy) is 3. The number of fused-ring (bicyclic) bond motifs is 1. The van der Waals surface area contributed by atoms with Crippen LogP contribution in [0.15, 0.2) is 36.5 Å². The van der Waals surface area contributed by atoms with Crippen LogP contribution in [0.2, 0.25) is 0 Å². The molecule has 0 fully saturated rings. The SMILES string of the molecule is COc1ccc(C(=O)Nc2nc(-c3ccc4c(c3)OCCO4)c(C)s2)cn1. The monoisotopic (exact) mass is 383 g/mol. The Kier molecular flexibility index (Phi) is 4.64. The molecule has 0 saturated carbocycles. The molecule has 1 N–H and O–H groups in total. The van der Waals surface area contributed by atoms with Crippen molar-refractivity contribution < 1.29 is 19.0 Å². The molecule has 0 saturated heterocycles. The number of amides is 1. The Balaban J connectivity index is 1.55. The summed E-state index contributed by atoms with van der Waals surface area (Å²) in [5.41, 5.74) is 2.16. The van der Waals surface area contributed by atoms with E-state index in [9.17, 15) is 4.79 Å². The van der Waals surface area contributed by atoms with Crippen LogP contribution in [0.5, 0.6) is 17.4 Å². The minimum atomic E-state index is -0.271. The van der Waals surface area contributed by atoms with Gasteiger partial charge in [-0.05, 0) is 31.2 Å². The second kappa shape index (κ2) is 7.24. The lowest BCUT2D eigenvalue weighted by Gasteiger charge is -2.18. The molecule has 138 valence electrons. The molecular weight excluding hydrogens is 366 g/mol. The number of carbonyl (C=O) groups excluding carboxylic acids is 1. The van der Waals surface area contributed by atoms with Crippen LogP contribution in [0.3, 0.4) is 0 Å². The van der Waals surface area contributed by atoms with Gasteiger partial charge in [-0.15, -0.1) is 11.3 Å². The summed E-state index contributed by atoms with van der Waals surface area (Å²) >= 11 is 1.42. The lowest BCUT2D eigenvalue weighted by Crippen LogP contribution is -2.15. The molecule has 1 aliphatic rings. The number of aryl methyl sites for hydroxylation is 1. The van der Waals surface area contributed by atoms with Gasteiger partial charge in [0.25, 0.3) is 5.91 Å². The Bertz CT molecular complexity index is 985. The minimum absolute atomic E-state index is 0.271. The number of methoxy groups -OCH3 is 1. The summed E-state index contributed by atoms with van der Waals surface area (Å²) in [6.45, 7) is 3.05. The molecule has 1 amide bonds. The Morgan fingerprint density at radius 1 is 1.19 bits per heavy atom. The summed E-state index contributed by atoms with van der Waals surface area (Å²) in [4.78, 5) is 22.0. The summed E-state index contributed by atoms with van der Waals surface area (Å²) in [7, 11) is 1.53. The van der Waals surface area contributed by atoms with Crippen LogP contribution in [0.1, 0.15) is 15.2 Å². The highest BCUT2D eigenvalue weighted by Gasteiger charge is 2.17. The first kappa shape index (κ1) is 17.3. The zero-order valence-electron chi connectivity index (χ0n) is 14.8. The lowest BCUT2D eigenvalue weighted by molar-refractivity contribution is 0.102. The molecule has 0 aliphatic carbocycles. The predicted octanol–water partition coefficient (Wildman–Crippen LogP) is 3.55. The number of nitrogens with one attached hydrogen (secondary N) is 1. The van der Waals surface area contributed by atoms with Gasteiger partial charge in [0.1, 0.15) is 13.2 Å². The van der Waals surface area contributed by atoms with Crippen molar-refractivity contribution in [1.29, 1.82) is 0 Å². The van der Waals surface area contributed by atoms with Gasteiger partial charge >= 0.3 is 0 Å². The van der Waals surface area contributed by atoms with Gasteiger partial charge < -0.3 is 14.2 Å². The fourth-order valence-electron chi connectivity index (χ4n) is 2.71. The number of hydrogen-bond acceptors (Lipinski definition) is 7. The van der Waals surface area contributed by atoms with Crippen LogP contribution in [0.25, 0.3) is 11.3 Å². The molecule has 0 bridgehead atoms. The highest BCUT2D eigenvalue weighted by molar-refractivity contribution is 7.16. The maximum Gasteiger partial charge on any atom is 0.259 e. The third kappa shape index (κ3) is 3.56. The maximum atomic E-state index is 12.4. The fourth-order valence-corrected chi connectivity index (χ4v) is 3.54. The zero-order valence-corrected chi connectivity index (χ0v) is 15.6. The first-order valence-corrected chi connectivity index (χ1v) is 9.14. The van der Waals surface area contributed by atoms with Crippen molar-refractivity contribution in [3.05, 3.63) is 47.0 Å². The highest BCUT2D eigenvalue weighted by Crippen LogP contribution is 2.37. The van der Waals surface area contributed by atoms with Crippen LogP contribution >= 0.6 is 11.3 Å². The number of nitrogens with zero attached hydrogens (tertiary/aromatic N) is 2. The zero-order chi connectivity index (χ0) is 18.8. The van der Waals surface area contributed by atoms with E-state index in [2.05, 4.69) is 15.3 Å². The molecule has 3 aromatic rings. The van der Waals surface area contributed by atoms with Gasteiger partial charge in [-0.1, -0.05) is 0 Å². The van der Waals surface area contributed by atoms with Crippen LogP contribution in [0.4, 0.5) is 5.13 Å². The van der Waals surface area contributed by atoms with Gasteiger partial charge in [-0.2, -0.15) is 0 Å². The van der Waals surface area contributed by atoms with Crippen molar-refractivity contribution in [2.75, 3.05) is 25.6 Å². The molecule has 1 aromatic carbocycles. The number of thiazole rings is 1. The van der Waals surface area contributed by atoms with Crippen molar-refractivity contribution >= 4 is 22.4 Å². The Morgan fingerprint density at radius 2 is 2.00 bits per heavy atom. The summed E-state index contributed by atoms with van der Waals surface area (Å²) in [6.07, 6.45) is 1.47. The number of pyridine rings is 1. The smallest absolute Gasteiger partial charge is 0.259 e. The van der Waals surface area contributed by atoms with Crippen molar-refractivity contribution in [3.8, 4) is 28.6 Å². The first-order chi connectivity index (χ1) is 13.1. The number of benzene rings is 1. The van der Waals surface area contributed by atoms with E-state index in [1.54, 1.807) is 12.1 Å². The van der Waals surface area contributed by atoms with Crippen molar-refractivity contribution in [3.63, 3.8) is 0 Å². The standard InChI is InChI=1S/C19H17N3O4S/c1-11-17(12-3-5-14-15(9-12)26-8-7-25-14)21-19(27-11)22-18(23)13-4-6-16(24-2)20-10-13/h3-6,9-10H,7-8H2,1-2H3,(H,21,22,23). The van der Waals surface area contributed by atoms with E-state index in [0.717, 1.165) is 21.9 Å². The van der Waals surface area contributed by atoms with E-state index >= 15 is 0 Å². The number of rotatable bonds is 4. The Morgan fingerprint density at radius 3 is 2.74 bits per heavy atom. The second-order valence-electron chi connectivity index (χ2n) is 5.83. The summed E-state index contributed by atoms with van der Waals surface area (Å²) < 4.78 is 16.2. The molecule has 3 heterocycles. The number of anilines is 1. The van der Waals surface area contributed by atoms with Crippen molar-refractivity contribution in [1.82, 2.24) is 9.97 Å². The lowest BCUT2D eigenvalue weighted by atomic mass is 10.1. The summed E-state index contributed by atoms with van der Waals surface area (Å²) in [5, 5.41) is 3.35. The van der Waals surface area contributed by atoms with Gasteiger partial charge in [0.05, 0.1) is 18.4 Å². The van der Waals surface area contributed by atoms with Crippen LogP contribution < -0.4 is 19.5 Å². The molecule has 27 heavy (non-hydrogen) atoms. The van der Waals surface area contributed by atoms with E-state index in [-0.39, 0.29) is 5.91 Å². The Hall–Kier alpha value is -3.13. The average Bonchev–Trinajstić information content (AvgIpc) is 3.07. The highest BCUT2D eigenvalue weighted by atomic mass is 32.1. The molecule has 4 rings (SSSR count). The summed E-state index contributed by atoms with van der Waals surface area (Å²) in [5.74, 6) is 1.63. The van der Waals surface area contributed by atoms with Crippen molar-refractivity contribution in [2.24, 2.45) is 0 Å². The quantitative estimate of drug-likeness (QED) is 0.742. The minimum Gasteiger partial charge on any atom is -0.486 e. The number of hydrogen-bond donors (Lipinski definition) is 1. The van der Waals surface area contributed by atoms with E-state index in [1.807, 2.05) is 25.1 Å². The van der Waals surface area contributed by atoms with E-state index in [4.69, 9.17) is 14.2 Å². The van der Waals surface area contributed by atoms with E-state index < -0.39 is 0 Å². The maximum absolute atomic E-state index is 12.4.